The maximum atomic E-state index is 12.3. The Kier molecular flexibility index (Phi) is 7.41. The van der Waals surface area contributed by atoms with Gasteiger partial charge in [-0.2, -0.15) is 0 Å². The van der Waals surface area contributed by atoms with Crippen molar-refractivity contribution in [2.24, 2.45) is 0 Å². The van der Waals surface area contributed by atoms with Gasteiger partial charge < -0.3 is 15.4 Å². The number of hydrogen-bond acceptors (Lipinski definition) is 3. The van der Waals surface area contributed by atoms with Gasteiger partial charge in [-0.1, -0.05) is 30.3 Å². The van der Waals surface area contributed by atoms with Crippen molar-refractivity contribution in [3.8, 4) is 5.75 Å². The maximum Gasteiger partial charge on any atom is 0.251 e. The summed E-state index contributed by atoms with van der Waals surface area (Å²) < 4.78 is 5.63. The monoisotopic (exact) mass is 368 g/mol. The molecule has 2 rings (SSSR count). The molecule has 5 nitrogen and oxygen atoms in total. The number of rotatable bonds is 8. The predicted octanol–water partition coefficient (Wildman–Crippen LogP) is 3.86. The number of benzene rings is 2. The van der Waals surface area contributed by atoms with Gasteiger partial charge in [0.2, 0.25) is 5.91 Å². The van der Waals surface area contributed by atoms with Crippen molar-refractivity contribution < 1.29 is 14.3 Å². The topological polar surface area (TPSA) is 67.4 Å². The van der Waals surface area contributed by atoms with Crippen molar-refractivity contribution in [2.45, 2.75) is 52.3 Å². The van der Waals surface area contributed by atoms with E-state index in [1.807, 2.05) is 70.2 Å². The summed E-state index contributed by atoms with van der Waals surface area (Å²) in [5, 5.41) is 5.82. The summed E-state index contributed by atoms with van der Waals surface area (Å²) in [4.78, 5) is 24.4. The molecule has 27 heavy (non-hydrogen) atoms. The van der Waals surface area contributed by atoms with Crippen LogP contribution < -0.4 is 15.4 Å². The smallest absolute Gasteiger partial charge is 0.251 e. The maximum absolute atomic E-state index is 12.3. The van der Waals surface area contributed by atoms with E-state index in [9.17, 15) is 9.59 Å². The zero-order valence-electron chi connectivity index (χ0n) is 16.4. The van der Waals surface area contributed by atoms with Gasteiger partial charge in [0.1, 0.15) is 5.75 Å². The molecule has 2 aromatic carbocycles. The molecule has 0 radical (unpaired) electrons. The lowest BCUT2D eigenvalue weighted by Crippen LogP contribution is -2.37. The summed E-state index contributed by atoms with van der Waals surface area (Å²) in [5.41, 5.74) is 1.59. The first-order valence-electron chi connectivity index (χ1n) is 9.27. The van der Waals surface area contributed by atoms with E-state index in [4.69, 9.17) is 4.74 Å². The number of carbonyl (C=O) groups is 2. The summed E-state index contributed by atoms with van der Waals surface area (Å²) in [5.74, 6) is 0.528. The highest BCUT2D eigenvalue weighted by Gasteiger charge is 2.15. The van der Waals surface area contributed by atoms with E-state index in [1.165, 1.54) is 0 Å². The Hall–Kier alpha value is -2.82. The van der Waals surface area contributed by atoms with Crippen LogP contribution in [0.4, 0.5) is 0 Å². The van der Waals surface area contributed by atoms with Crippen LogP contribution in [-0.2, 0) is 4.79 Å². The average molecular weight is 368 g/mol. The van der Waals surface area contributed by atoms with Gasteiger partial charge in [-0.3, -0.25) is 9.59 Å². The van der Waals surface area contributed by atoms with Crippen molar-refractivity contribution in [1.29, 1.82) is 0 Å². The van der Waals surface area contributed by atoms with Crippen LogP contribution in [0.1, 0.15) is 56.1 Å². The minimum absolute atomic E-state index is 0.106. The van der Waals surface area contributed by atoms with Crippen molar-refractivity contribution in [3.05, 3.63) is 65.7 Å². The average Bonchev–Trinajstić information content (AvgIpc) is 2.62. The second-order valence-electron chi connectivity index (χ2n) is 6.97. The Morgan fingerprint density at radius 1 is 0.889 bits per heavy atom. The molecule has 0 spiro atoms. The molecule has 2 aromatic rings. The van der Waals surface area contributed by atoms with Crippen LogP contribution in [0, 0.1) is 0 Å². The zero-order valence-corrected chi connectivity index (χ0v) is 16.4. The van der Waals surface area contributed by atoms with E-state index in [0.29, 0.717) is 5.56 Å². The Balaban J connectivity index is 1.82. The number of amides is 2. The lowest BCUT2D eigenvalue weighted by molar-refractivity contribution is -0.122. The molecule has 0 fully saturated rings. The second-order valence-corrected chi connectivity index (χ2v) is 6.97. The molecule has 2 N–H and O–H groups in total. The van der Waals surface area contributed by atoms with Crippen LogP contribution in [0.3, 0.4) is 0 Å². The fraction of sp³-hybridized carbons (Fsp3) is 0.364. The van der Waals surface area contributed by atoms with Gasteiger partial charge in [-0.05, 0) is 57.5 Å². The van der Waals surface area contributed by atoms with Gasteiger partial charge >= 0.3 is 0 Å². The largest absolute Gasteiger partial charge is 0.491 e. The van der Waals surface area contributed by atoms with Gasteiger partial charge in [0.05, 0.1) is 12.1 Å². The van der Waals surface area contributed by atoms with Crippen molar-refractivity contribution >= 4 is 11.8 Å². The minimum Gasteiger partial charge on any atom is -0.491 e. The Bertz CT molecular complexity index is 742. The highest BCUT2D eigenvalue weighted by molar-refractivity contribution is 5.94. The summed E-state index contributed by atoms with van der Waals surface area (Å²) >= 11 is 0. The van der Waals surface area contributed by atoms with Gasteiger partial charge in [0, 0.05) is 18.0 Å². The first-order chi connectivity index (χ1) is 12.8. The Morgan fingerprint density at radius 2 is 1.52 bits per heavy atom. The van der Waals surface area contributed by atoms with Crippen molar-refractivity contribution in [3.63, 3.8) is 0 Å². The Morgan fingerprint density at radius 3 is 2.11 bits per heavy atom. The molecule has 2 amide bonds. The summed E-state index contributed by atoms with van der Waals surface area (Å²) in [6.07, 6.45) is 0.345. The van der Waals surface area contributed by atoms with E-state index in [1.54, 1.807) is 12.1 Å². The molecular formula is C22H28N2O3. The van der Waals surface area contributed by atoms with Gasteiger partial charge in [0.25, 0.3) is 5.91 Å². The first-order valence-corrected chi connectivity index (χ1v) is 9.27. The number of hydrogen-bond donors (Lipinski definition) is 2. The third-order valence-electron chi connectivity index (χ3n) is 4.03. The second kappa shape index (κ2) is 9.76. The lowest BCUT2D eigenvalue weighted by Gasteiger charge is -2.18. The van der Waals surface area contributed by atoms with Crippen LogP contribution >= 0.6 is 0 Å². The molecule has 0 aliphatic heterocycles. The molecule has 5 heteroatoms. The normalized spacial score (nSPS) is 12.9. The molecular weight excluding hydrogens is 340 g/mol. The van der Waals surface area contributed by atoms with Crippen LogP contribution in [0.25, 0.3) is 0 Å². The molecule has 144 valence electrons. The third kappa shape index (κ3) is 6.77. The molecule has 0 aliphatic rings. The molecule has 0 bridgehead atoms. The lowest BCUT2D eigenvalue weighted by atomic mass is 10.1. The van der Waals surface area contributed by atoms with E-state index in [-0.39, 0.29) is 36.4 Å². The van der Waals surface area contributed by atoms with Gasteiger partial charge in [-0.25, -0.2) is 0 Å². The Labute approximate surface area is 161 Å². The molecule has 0 aromatic heterocycles. The molecule has 0 saturated carbocycles. The molecule has 0 saturated heterocycles. The fourth-order valence-electron chi connectivity index (χ4n) is 2.72. The summed E-state index contributed by atoms with van der Waals surface area (Å²) in [6.45, 7) is 7.72. The number of nitrogens with one attached hydrogen (secondary N) is 2. The standard InChI is InChI=1S/C22H28N2O3/c1-15(2)27-20-12-10-18(11-13-20)17(4)24-21(25)14-16(3)23-22(26)19-8-6-5-7-9-19/h5-13,15-17H,14H2,1-4H3,(H,23,26)(H,24,25). The van der Waals surface area contributed by atoms with E-state index in [0.717, 1.165) is 11.3 Å². The van der Waals surface area contributed by atoms with Crippen LogP contribution in [0.5, 0.6) is 5.75 Å². The number of ether oxygens (including phenoxy) is 1. The summed E-state index contributed by atoms with van der Waals surface area (Å²) in [6, 6.07) is 16.3. The summed E-state index contributed by atoms with van der Waals surface area (Å²) in [7, 11) is 0. The highest BCUT2D eigenvalue weighted by Crippen LogP contribution is 2.18. The zero-order chi connectivity index (χ0) is 19.8. The fourth-order valence-corrected chi connectivity index (χ4v) is 2.72. The minimum atomic E-state index is -0.258. The molecule has 2 unspecified atom stereocenters. The van der Waals surface area contributed by atoms with Crippen molar-refractivity contribution in [2.75, 3.05) is 0 Å². The van der Waals surface area contributed by atoms with E-state index < -0.39 is 0 Å². The molecule has 0 aliphatic carbocycles. The predicted molar refractivity (Wildman–Crippen MR) is 107 cm³/mol. The quantitative estimate of drug-likeness (QED) is 0.743. The van der Waals surface area contributed by atoms with Crippen molar-refractivity contribution in [1.82, 2.24) is 10.6 Å². The molecule has 2 atom stereocenters. The third-order valence-corrected chi connectivity index (χ3v) is 4.03. The van der Waals surface area contributed by atoms with Crippen LogP contribution in [0.15, 0.2) is 54.6 Å². The van der Waals surface area contributed by atoms with E-state index >= 15 is 0 Å². The van der Waals surface area contributed by atoms with E-state index in [2.05, 4.69) is 10.6 Å². The van der Waals surface area contributed by atoms with Gasteiger partial charge in [0.15, 0.2) is 0 Å². The van der Waals surface area contributed by atoms with Gasteiger partial charge in [-0.15, -0.1) is 0 Å². The highest BCUT2D eigenvalue weighted by atomic mass is 16.5. The first kappa shape index (κ1) is 20.5. The van der Waals surface area contributed by atoms with Crippen LogP contribution in [0.2, 0.25) is 0 Å². The SMILES string of the molecule is CC(CC(=O)NC(C)c1ccc(OC(C)C)cc1)NC(=O)c1ccccc1. The molecule has 0 heterocycles. The number of carbonyl (C=O) groups excluding carboxylic acids is 2. The van der Waals surface area contributed by atoms with Crippen LogP contribution in [-0.4, -0.2) is 24.0 Å².